The fourth-order valence-electron chi connectivity index (χ4n) is 2.64. The average molecular weight is 303 g/mol. The minimum Gasteiger partial charge on any atom is -0.305 e. The van der Waals surface area contributed by atoms with Gasteiger partial charge in [-0.05, 0) is 38.1 Å². The molecule has 0 amide bonds. The number of thioether (sulfide) groups is 1. The molecule has 3 heterocycles. The number of nitrogens with zero attached hydrogens (tertiary/aromatic N) is 5. The highest BCUT2D eigenvalue weighted by Gasteiger charge is 2.13. The number of piperidine rings is 1. The Balaban J connectivity index is 1.58. The van der Waals surface area contributed by atoms with Crippen molar-refractivity contribution in [3.05, 3.63) is 24.5 Å². The summed E-state index contributed by atoms with van der Waals surface area (Å²) in [5, 5.41) is 9.60. The Morgan fingerprint density at radius 1 is 1.10 bits per heavy atom. The minimum atomic E-state index is 0.901. The molecule has 112 valence electrons. The van der Waals surface area contributed by atoms with Crippen LogP contribution in [0.3, 0.4) is 0 Å². The summed E-state index contributed by atoms with van der Waals surface area (Å²) in [6, 6.07) is 3.93. The smallest absolute Gasteiger partial charge is 0.191 e. The molecule has 21 heavy (non-hydrogen) atoms. The molecule has 1 fully saturated rings. The summed E-state index contributed by atoms with van der Waals surface area (Å²) in [4.78, 5) is 6.59. The maximum atomic E-state index is 4.31. The molecule has 3 rings (SSSR count). The summed E-state index contributed by atoms with van der Waals surface area (Å²) in [6.45, 7) is 3.64. The van der Waals surface area contributed by atoms with Crippen LogP contribution in [-0.2, 0) is 7.05 Å². The van der Waals surface area contributed by atoms with Crippen molar-refractivity contribution in [1.29, 1.82) is 0 Å². The Labute approximate surface area is 129 Å². The van der Waals surface area contributed by atoms with E-state index in [1.165, 1.54) is 32.4 Å². The molecule has 1 saturated heterocycles. The molecule has 5 nitrogen and oxygen atoms in total. The summed E-state index contributed by atoms with van der Waals surface area (Å²) in [7, 11) is 2.03. The highest BCUT2D eigenvalue weighted by atomic mass is 32.2. The van der Waals surface area contributed by atoms with Crippen molar-refractivity contribution in [2.75, 3.05) is 25.4 Å². The van der Waals surface area contributed by atoms with Crippen LogP contribution in [-0.4, -0.2) is 50.0 Å². The normalized spacial score (nSPS) is 16.2. The van der Waals surface area contributed by atoms with Crippen LogP contribution in [0.4, 0.5) is 0 Å². The summed E-state index contributed by atoms with van der Waals surface area (Å²) in [5.74, 6) is 1.97. The molecule has 0 aromatic carbocycles. The van der Waals surface area contributed by atoms with Crippen molar-refractivity contribution in [2.45, 2.75) is 24.4 Å². The summed E-state index contributed by atoms with van der Waals surface area (Å²) in [6.07, 6.45) is 7.66. The number of pyridine rings is 1. The molecule has 0 radical (unpaired) electrons. The van der Waals surface area contributed by atoms with E-state index >= 15 is 0 Å². The average Bonchev–Trinajstić information content (AvgIpc) is 2.90. The lowest BCUT2D eigenvalue weighted by molar-refractivity contribution is 0.242. The molecule has 2 aromatic heterocycles. The number of hydrogen-bond donors (Lipinski definition) is 0. The van der Waals surface area contributed by atoms with Gasteiger partial charge < -0.3 is 9.47 Å². The van der Waals surface area contributed by atoms with Gasteiger partial charge in [-0.1, -0.05) is 18.2 Å². The summed E-state index contributed by atoms with van der Waals surface area (Å²) >= 11 is 1.79. The maximum absolute atomic E-state index is 4.31. The van der Waals surface area contributed by atoms with Gasteiger partial charge in [-0.3, -0.25) is 4.98 Å². The molecule has 0 aliphatic carbocycles. The van der Waals surface area contributed by atoms with Gasteiger partial charge in [0.05, 0.1) is 0 Å². The van der Waals surface area contributed by atoms with Gasteiger partial charge in [-0.25, -0.2) is 0 Å². The molecule has 1 aliphatic heterocycles. The van der Waals surface area contributed by atoms with Gasteiger partial charge >= 0.3 is 0 Å². The highest BCUT2D eigenvalue weighted by molar-refractivity contribution is 7.99. The third-order valence-corrected chi connectivity index (χ3v) is 4.86. The quantitative estimate of drug-likeness (QED) is 0.794. The summed E-state index contributed by atoms with van der Waals surface area (Å²) < 4.78 is 2.07. The molecule has 0 saturated carbocycles. The van der Waals surface area contributed by atoms with Gasteiger partial charge in [0.2, 0.25) is 0 Å². The molecular formula is C15H21N5S. The molecule has 0 atom stereocenters. The lowest BCUT2D eigenvalue weighted by atomic mass is 10.1. The van der Waals surface area contributed by atoms with Crippen LogP contribution in [0.2, 0.25) is 0 Å². The van der Waals surface area contributed by atoms with E-state index in [1.807, 2.05) is 19.2 Å². The first-order valence-electron chi connectivity index (χ1n) is 7.49. The number of hydrogen-bond acceptors (Lipinski definition) is 5. The van der Waals surface area contributed by atoms with Crippen LogP contribution in [0.5, 0.6) is 0 Å². The number of aromatic nitrogens is 4. The molecule has 2 aromatic rings. The van der Waals surface area contributed by atoms with Crippen LogP contribution in [0.15, 0.2) is 29.7 Å². The zero-order valence-corrected chi connectivity index (χ0v) is 13.2. The molecule has 6 heteroatoms. The number of likely N-dealkylation sites (tertiary alicyclic amines) is 1. The Morgan fingerprint density at radius 2 is 1.86 bits per heavy atom. The van der Waals surface area contributed by atoms with Gasteiger partial charge in [-0.2, -0.15) is 0 Å². The molecule has 0 unspecified atom stereocenters. The van der Waals surface area contributed by atoms with E-state index < -0.39 is 0 Å². The SMILES string of the molecule is Cn1c(SCCN2CCCCC2)nnc1-c1ccncc1. The second-order valence-electron chi connectivity index (χ2n) is 5.35. The van der Waals surface area contributed by atoms with E-state index in [1.54, 1.807) is 24.2 Å². The highest BCUT2D eigenvalue weighted by Crippen LogP contribution is 2.22. The van der Waals surface area contributed by atoms with Crippen molar-refractivity contribution in [1.82, 2.24) is 24.6 Å². The van der Waals surface area contributed by atoms with Gasteiger partial charge in [0.1, 0.15) is 0 Å². The Kier molecular flexibility index (Phi) is 4.87. The fourth-order valence-corrected chi connectivity index (χ4v) is 3.55. The fraction of sp³-hybridized carbons (Fsp3) is 0.533. The lowest BCUT2D eigenvalue weighted by Gasteiger charge is -2.25. The van der Waals surface area contributed by atoms with Crippen molar-refractivity contribution < 1.29 is 0 Å². The summed E-state index contributed by atoms with van der Waals surface area (Å²) in [5.41, 5.74) is 1.06. The van der Waals surface area contributed by atoms with E-state index in [0.29, 0.717) is 0 Å². The lowest BCUT2D eigenvalue weighted by Crippen LogP contribution is -2.31. The first-order valence-corrected chi connectivity index (χ1v) is 8.48. The van der Waals surface area contributed by atoms with Crippen molar-refractivity contribution in [2.24, 2.45) is 7.05 Å². The van der Waals surface area contributed by atoms with E-state index in [-0.39, 0.29) is 0 Å². The zero-order chi connectivity index (χ0) is 14.5. The van der Waals surface area contributed by atoms with E-state index in [9.17, 15) is 0 Å². The van der Waals surface area contributed by atoms with Crippen LogP contribution in [0, 0.1) is 0 Å². The maximum Gasteiger partial charge on any atom is 0.191 e. The van der Waals surface area contributed by atoms with Crippen molar-refractivity contribution in [3.63, 3.8) is 0 Å². The number of rotatable bonds is 5. The largest absolute Gasteiger partial charge is 0.305 e. The second kappa shape index (κ2) is 7.04. The van der Waals surface area contributed by atoms with Crippen molar-refractivity contribution >= 4 is 11.8 Å². The first-order chi connectivity index (χ1) is 10.3. The predicted molar refractivity (Wildman–Crippen MR) is 85.2 cm³/mol. The molecule has 0 spiro atoms. The molecule has 0 bridgehead atoms. The van der Waals surface area contributed by atoms with E-state index in [4.69, 9.17) is 0 Å². The van der Waals surface area contributed by atoms with Gasteiger partial charge in [0.25, 0.3) is 0 Å². The van der Waals surface area contributed by atoms with Gasteiger partial charge in [0.15, 0.2) is 11.0 Å². The molecule has 1 aliphatic rings. The standard InChI is InChI=1S/C15H21N5S/c1-19-14(13-5-7-16-8-6-13)17-18-15(19)21-12-11-20-9-3-2-4-10-20/h5-8H,2-4,9-12H2,1H3. The Hall–Kier alpha value is -1.40. The van der Waals surface area contributed by atoms with Crippen molar-refractivity contribution in [3.8, 4) is 11.4 Å². The van der Waals surface area contributed by atoms with Gasteiger partial charge in [-0.15, -0.1) is 10.2 Å². The minimum absolute atomic E-state index is 0.901. The first kappa shape index (κ1) is 14.5. The topological polar surface area (TPSA) is 46.8 Å². The third-order valence-electron chi connectivity index (χ3n) is 3.86. The monoisotopic (exact) mass is 303 g/mol. The Bertz CT molecular complexity index is 563. The van der Waals surface area contributed by atoms with Crippen LogP contribution in [0.1, 0.15) is 19.3 Å². The third kappa shape index (κ3) is 3.63. The zero-order valence-electron chi connectivity index (χ0n) is 12.4. The Morgan fingerprint density at radius 3 is 2.62 bits per heavy atom. The van der Waals surface area contributed by atoms with Crippen LogP contribution < -0.4 is 0 Å². The van der Waals surface area contributed by atoms with E-state index in [0.717, 1.165) is 28.8 Å². The molecular weight excluding hydrogens is 282 g/mol. The van der Waals surface area contributed by atoms with E-state index in [2.05, 4.69) is 24.6 Å². The van der Waals surface area contributed by atoms with Crippen LogP contribution >= 0.6 is 11.8 Å². The molecule has 0 N–H and O–H groups in total. The van der Waals surface area contributed by atoms with Gasteiger partial charge in [0, 0.05) is 37.3 Å². The van der Waals surface area contributed by atoms with Crippen LogP contribution in [0.25, 0.3) is 11.4 Å². The second-order valence-corrected chi connectivity index (χ2v) is 6.41. The predicted octanol–water partition coefficient (Wildman–Crippen LogP) is 2.46.